The lowest BCUT2D eigenvalue weighted by atomic mass is 10.3. The third-order valence-electron chi connectivity index (χ3n) is 3.87. The van der Waals surface area contributed by atoms with Gasteiger partial charge in [0.1, 0.15) is 30.9 Å². The molecule has 0 aliphatic carbocycles. The van der Waals surface area contributed by atoms with Crippen LogP contribution in [0.3, 0.4) is 0 Å². The lowest BCUT2D eigenvalue weighted by Crippen LogP contribution is -2.47. The van der Waals surface area contributed by atoms with Crippen molar-refractivity contribution in [2.45, 2.75) is 103 Å². The molecule has 23 nitrogen and oxygen atoms in total. The zero-order chi connectivity index (χ0) is 45.3. The number of carbonyl (C=O) groups excluding carboxylic acids is 10. The number of amides is 6. The highest BCUT2D eigenvalue weighted by Crippen LogP contribution is 1.87. The first-order valence-corrected chi connectivity index (χ1v) is 15.6. The van der Waals surface area contributed by atoms with Gasteiger partial charge in [0.05, 0.1) is 19.8 Å². The van der Waals surface area contributed by atoms with Crippen LogP contribution in [0.5, 0.6) is 0 Å². The molecule has 0 radical (unpaired) electrons. The van der Waals surface area contributed by atoms with Gasteiger partial charge in [0, 0.05) is 61.2 Å². The average molecular weight is 838 g/mol. The molecule has 57 heavy (non-hydrogen) atoms. The molecule has 6 amide bonds. The van der Waals surface area contributed by atoms with Gasteiger partial charge in [-0.05, 0) is 41.9 Å². The third kappa shape index (κ3) is 106. The van der Waals surface area contributed by atoms with Crippen molar-refractivity contribution in [2.75, 3.05) is 54.5 Å². The molecule has 0 rings (SSSR count). The first-order chi connectivity index (χ1) is 25.2. The van der Waals surface area contributed by atoms with Crippen LogP contribution in [0.2, 0.25) is 0 Å². The number of nitrogens with two attached hydrogens (primary N) is 3. The second kappa shape index (κ2) is 71.9. The van der Waals surface area contributed by atoms with E-state index in [4.69, 9.17) is 24.6 Å². The van der Waals surface area contributed by atoms with E-state index in [-0.39, 0.29) is 78.1 Å². The van der Waals surface area contributed by atoms with Crippen LogP contribution in [0.25, 0.3) is 0 Å². The monoisotopic (exact) mass is 838 g/mol. The summed E-state index contributed by atoms with van der Waals surface area (Å²) in [7, 11) is 5.71. The van der Waals surface area contributed by atoms with Gasteiger partial charge in [-0.15, -0.1) is 0 Å². The van der Waals surface area contributed by atoms with Gasteiger partial charge in [-0.1, -0.05) is 22.3 Å². The summed E-state index contributed by atoms with van der Waals surface area (Å²) < 4.78 is 4.44. The average Bonchev–Trinajstić information content (AvgIpc) is 3.10. The molecule has 3 atom stereocenters. The smallest absolute Gasteiger partial charge is 0.330 e. The number of carbonyl (C=O) groups is 11. The van der Waals surface area contributed by atoms with Crippen molar-refractivity contribution >= 4 is 66.2 Å². The van der Waals surface area contributed by atoms with Crippen LogP contribution in [0.1, 0.15) is 84.6 Å². The number of ether oxygens (including phenoxy) is 1. The number of rotatable bonds is 12. The van der Waals surface area contributed by atoms with Crippen LogP contribution in [0.15, 0.2) is 0 Å². The lowest BCUT2D eigenvalue weighted by Gasteiger charge is -2.15. The number of hydrogen-bond acceptors (Lipinski definition) is 16. The largest absolute Gasteiger partial charge is 0.480 e. The highest BCUT2D eigenvalue weighted by molar-refractivity contribution is 5.84. The van der Waals surface area contributed by atoms with E-state index in [0.29, 0.717) is 0 Å². The topological polar surface area (TPSA) is 388 Å². The standard InChI is InChI=1S/C8H14N2O4.C7H12N2O4.C7H14N2O3.3C2H4O.3CH5N.3CH4/c1-5(11)9-4-7(8(13)14-3)10-6(2)12;1-4(10)8-3-6(7(12)13)9-5(2)11;1-5(11)8-3-7(4-10)9-6(2)12;3*1-2-3;3*1-2;;;/h7H,4H2,1-3H3,(H,9,11)(H,10,12);6H,3H2,1-2H3,(H,8,10)(H,9,11)(H,12,13);7,10H,3-4H2,1-2H3,(H,8,11)(H,9,12);3*2H,1H3;3*2H2,1H3;3*1H4. The molecule has 0 spiro atoms. The molecule has 14 N–H and O–H groups in total. The van der Waals surface area contributed by atoms with Crippen LogP contribution < -0.4 is 49.1 Å². The number of carboxylic acid groups (broad SMARTS) is 1. The van der Waals surface area contributed by atoms with E-state index in [2.05, 4.69) is 53.8 Å². The minimum Gasteiger partial charge on any atom is -0.480 e. The summed E-state index contributed by atoms with van der Waals surface area (Å²) >= 11 is 0. The van der Waals surface area contributed by atoms with E-state index >= 15 is 0 Å². The van der Waals surface area contributed by atoms with Gasteiger partial charge in [0.25, 0.3) is 0 Å². The first-order valence-electron chi connectivity index (χ1n) is 15.6. The van der Waals surface area contributed by atoms with Crippen molar-refractivity contribution in [1.82, 2.24) is 31.9 Å². The summed E-state index contributed by atoms with van der Waals surface area (Å²) in [5.74, 6) is -3.58. The van der Waals surface area contributed by atoms with Gasteiger partial charge in [0.2, 0.25) is 35.4 Å². The summed E-state index contributed by atoms with van der Waals surface area (Å²) in [4.78, 5) is 111. The molecule has 0 aromatic heterocycles. The van der Waals surface area contributed by atoms with Crippen LogP contribution in [-0.2, 0) is 57.5 Å². The Morgan fingerprint density at radius 2 is 0.772 bits per heavy atom. The molecule has 0 aliphatic heterocycles. The molecule has 23 heteroatoms. The molecular formula is C34H79N9O14. The summed E-state index contributed by atoms with van der Waals surface area (Å²) in [6.45, 7) is 12.2. The second-order valence-electron chi connectivity index (χ2n) is 8.47. The summed E-state index contributed by atoms with van der Waals surface area (Å²) in [5.41, 5.74) is 13.5. The number of methoxy groups -OCH3 is 1. The SMILES string of the molecule is C.C.C.CC(=O)NCC(CO)NC(C)=O.CC(=O)NCC(NC(C)=O)C(=O)O.CC=O.CC=O.CC=O.CN.CN.CN.COC(=O)C(CNC(C)=O)NC(C)=O. The Bertz CT molecular complexity index is 990. The van der Waals surface area contributed by atoms with Gasteiger partial charge in [0.15, 0.2) is 0 Å². The predicted octanol–water partition coefficient (Wildman–Crippen LogP) is -2.62. The quantitative estimate of drug-likeness (QED) is 0.0708. The summed E-state index contributed by atoms with van der Waals surface area (Å²) in [6.07, 6.45) is 2.25. The maximum absolute atomic E-state index is 11.1. The highest BCUT2D eigenvalue weighted by Gasteiger charge is 2.20. The van der Waals surface area contributed by atoms with Crippen LogP contribution in [0.4, 0.5) is 0 Å². The molecule has 0 aliphatic rings. The lowest BCUT2D eigenvalue weighted by molar-refractivity contribution is -0.145. The second-order valence-corrected chi connectivity index (χ2v) is 8.47. The Morgan fingerprint density at radius 1 is 0.526 bits per heavy atom. The molecule has 0 heterocycles. The number of carboxylic acids is 1. The normalized spacial score (nSPS) is 8.93. The zero-order valence-electron chi connectivity index (χ0n) is 33.8. The summed E-state index contributed by atoms with van der Waals surface area (Å²) in [6, 6.07) is -2.30. The maximum Gasteiger partial charge on any atom is 0.330 e. The molecular weight excluding hydrogens is 758 g/mol. The fourth-order valence-electron chi connectivity index (χ4n) is 2.23. The molecule has 0 bridgehead atoms. The number of aldehydes is 3. The number of hydrogen-bond donors (Lipinski definition) is 11. The van der Waals surface area contributed by atoms with Crippen LogP contribution in [-0.4, -0.2) is 149 Å². The number of aliphatic carboxylic acids is 1. The molecule has 0 saturated carbocycles. The van der Waals surface area contributed by atoms with Gasteiger partial charge < -0.3 is 78.4 Å². The van der Waals surface area contributed by atoms with E-state index in [0.717, 1.165) is 18.9 Å². The Hall–Kier alpha value is -5.39. The van der Waals surface area contributed by atoms with E-state index in [1.807, 2.05) is 0 Å². The third-order valence-corrected chi connectivity index (χ3v) is 3.87. The number of aliphatic hydroxyl groups is 1. The van der Waals surface area contributed by atoms with Crippen molar-refractivity contribution < 1.29 is 67.7 Å². The van der Waals surface area contributed by atoms with E-state index in [1.54, 1.807) is 0 Å². The van der Waals surface area contributed by atoms with Crippen molar-refractivity contribution in [3.05, 3.63) is 0 Å². The Morgan fingerprint density at radius 3 is 0.982 bits per heavy atom. The fraction of sp³-hybridized carbons (Fsp3) is 0.676. The molecule has 0 fully saturated rings. The number of nitrogens with one attached hydrogen (secondary N) is 6. The van der Waals surface area contributed by atoms with Gasteiger partial charge >= 0.3 is 11.9 Å². The number of esters is 1. The minimum atomic E-state index is -1.18. The van der Waals surface area contributed by atoms with E-state index in [9.17, 15) is 38.4 Å². The van der Waals surface area contributed by atoms with Crippen molar-refractivity contribution in [2.24, 2.45) is 17.2 Å². The number of aliphatic hydroxyl groups excluding tert-OH is 1. The van der Waals surface area contributed by atoms with Crippen molar-refractivity contribution in [3.63, 3.8) is 0 Å². The molecule has 0 saturated heterocycles. The highest BCUT2D eigenvalue weighted by atomic mass is 16.5. The Balaban J connectivity index is -0.0000000443. The maximum atomic E-state index is 11.1. The Labute approximate surface area is 340 Å². The van der Waals surface area contributed by atoms with Crippen molar-refractivity contribution in [1.29, 1.82) is 0 Å². The van der Waals surface area contributed by atoms with Crippen molar-refractivity contribution in [3.8, 4) is 0 Å². The molecule has 0 aromatic carbocycles. The van der Waals surface area contributed by atoms with Gasteiger partial charge in [-0.25, -0.2) is 9.59 Å². The van der Waals surface area contributed by atoms with Crippen LogP contribution >= 0.6 is 0 Å². The van der Waals surface area contributed by atoms with E-state index < -0.39 is 36.0 Å². The first kappa shape index (κ1) is 84.3. The van der Waals surface area contributed by atoms with E-state index in [1.165, 1.54) is 90.6 Å². The predicted molar refractivity (Wildman–Crippen MR) is 221 cm³/mol. The molecule has 344 valence electrons. The Kier molecular flexibility index (Phi) is 106. The van der Waals surface area contributed by atoms with Gasteiger partial charge in [-0.3, -0.25) is 28.8 Å². The zero-order valence-corrected chi connectivity index (χ0v) is 33.8. The molecule has 3 unspecified atom stereocenters. The molecule has 0 aromatic rings. The van der Waals surface area contributed by atoms with Crippen LogP contribution in [0, 0.1) is 0 Å². The van der Waals surface area contributed by atoms with Gasteiger partial charge in [-0.2, -0.15) is 0 Å². The fourth-order valence-corrected chi connectivity index (χ4v) is 2.23. The minimum absolute atomic E-state index is 0. The summed E-state index contributed by atoms with van der Waals surface area (Å²) in [5, 5.41) is 31.5.